The molecule has 0 fully saturated rings. The molecule has 0 amide bonds. The minimum atomic E-state index is -0.348. The van der Waals surface area contributed by atoms with Crippen molar-refractivity contribution in [3.05, 3.63) is 70.4 Å². The van der Waals surface area contributed by atoms with Gasteiger partial charge in [-0.1, -0.05) is 11.6 Å². The average molecular weight is 459 g/mol. The van der Waals surface area contributed by atoms with Gasteiger partial charge in [0.1, 0.15) is 5.82 Å². The van der Waals surface area contributed by atoms with Crippen LogP contribution in [-0.4, -0.2) is 37.3 Å². The lowest BCUT2D eigenvalue weighted by molar-refractivity contribution is 0.631. The zero-order valence-electron chi connectivity index (χ0n) is 17.8. The zero-order chi connectivity index (χ0) is 23.0. The molecule has 0 spiro atoms. The topological polar surface area (TPSA) is 88.0 Å². The first-order chi connectivity index (χ1) is 14.9. The summed E-state index contributed by atoms with van der Waals surface area (Å²) in [5.41, 5.74) is 8.94. The van der Waals surface area contributed by atoms with Crippen LogP contribution in [0, 0.1) is 12.7 Å². The van der Waals surface area contributed by atoms with Crippen molar-refractivity contribution in [1.82, 2.24) is 4.98 Å². The molecular weight excluding hydrogens is 435 g/mol. The van der Waals surface area contributed by atoms with Crippen molar-refractivity contribution < 1.29 is 4.39 Å². The number of hydrogen-bond donors (Lipinski definition) is 2. The Morgan fingerprint density at radius 1 is 1.23 bits per heavy atom. The summed E-state index contributed by atoms with van der Waals surface area (Å²) >= 11 is 7.20. The van der Waals surface area contributed by atoms with Gasteiger partial charge in [0.15, 0.2) is 5.84 Å². The van der Waals surface area contributed by atoms with Gasteiger partial charge in [0.25, 0.3) is 0 Å². The van der Waals surface area contributed by atoms with E-state index in [1.54, 1.807) is 37.8 Å². The minimum absolute atomic E-state index is 0.348. The first-order valence-electron chi connectivity index (χ1n) is 9.25. The molecule has 1 aliphatic rings. The Labute approximate surface area is 191 Å². The largest absolute Gasteiger partial charge is 0.333 e. The van der Waals surface area contributed by atoms with Crippen LogP contribution in [0.5, 0.6) is 0 Å². The second kappa shape index (κ2) is 11.5. The third-order valence-corrected chi connectivity index (χ3v) is 5.21. The van der Waals surface area contributed by atoms with Gasteiger partial charge in [-0.05, 0) is 75.0 Å². The maximum absolute atomic E-state index is 14.6. The van der Waals surface area contributed by atoms with E-state index in [1.807, 2.05) is 19.9 Å². The van der Waals surface area contributed by atoms with Crippen molar-refractivity contribution in [2.24, 2.45) is 20.7 Å². The van der Waals surface area contributed by atoms with Gasteiger partial charge in [-0.2, -0.15) is 0 Å². The molecule has 1 aromatic heterocycles. The molecule has 31 heavy (non-hydrogen) atoms. The molecule has 6 nitrogen and oxygen atoms in total. The molecule has 2 heterocycles. The molecule has 1 aromatic carbocycles. The van der Waals surface area contributed by atoms with Crippen LogP contribution in [0.4, 0.5) is 10.1 Å². The number of benzene rings is 1. The second-order valence-corrected chi connectivity index (χ2v) is 7.58. The first kappa shape index (κ1) is 24.5. The number of pyridine rings is 1. The zero-order valence-corrected chi connectivity index (χ0v) is 19.4. The van der Waals surface area contributed by atoms with Crippen molar-refractivity contribution in [3.8, 4) is 0 Å². The van der Waals surface area contributed by atoms with Crippen molar-refractivity contribution in [2.45, 2.75) is 18.7 Å². The lowest BCUT2D eigenvalue weighted by Gasteiger charge is -2.18. The monoisotopic (exact) mass is 458 g/mol. The van der Waals surface area contributed by atoms with Crippen LogP contribution in [0.25, 0.3) is 5.57 Å². The van der Waals surface area contributed by atoms with Crippen molar-refractivity contribution >= 4 is 53.1 Å². The number of rotatable bonds is 5. The summed E-state index contributed by atoms with van der Waals surface area (Å²) in [7, 11) is 3.18. The number of nitrogens with two attached hydrogens (primary N) is 1. The Hall–Kier alpha value is -2.81. The fraction of sp³-hybridized carbons (Fsp3) is 0.182. The normalized spacial score (nSPS) is 15.7. The Morgan fingerprint density at radius 2 is 1.97 bits per heavy atom. The highest BCUT2D eigenvalue weighted by atomic mass is 35.5. The quantitative estimate of drug-likeness (QED) is 0.467. The van der Waals surface area contributed by atoms with Crippen LogP contribution in [0.15, 0.2) is 68.3 Å². The maximum Gasteiger partial charge on any atom is 0.156 e. The van der Waals surface area contributed by atoms with E-state index in [9.17, 15) is 4.39 Å². The van der Waals surface area contributed by atoms with Crippen molar-refractivity contribution in [3.63, 3.8) is 0 Å². The number of nitrogens with zero attached hydrogens (tertiary/aromatic N) is 4. The number of aliphatic imine (C=N–C) groups is 3. The number of halogens is 2. The van der Waals surface area contributed by atoms with E-state index in [0.29, 0.717) is 16.5 Å². The fourth-order valence-corrected chi connectivity index (χ4v) is 3.78. The van der Waals surface area contributed by atoms with Gasteiger partial charge < -0.3 is 10.5 Å². The summed E-state index contributed by atoms with van der Waals surface area (Å²) in [6, 6.07) is 5.03. The molecular formula is C22H24ClFN6S. The lowest BCUT2D eigenvalue weighted by atomic mass is 9.92. The first-order valence-corrected chi connectivity index (χ1v) is 10.4. The van der Waals surface area contributed by atoms with Gasteiger partial charge in [0, 0.05) is 47.4 Å². The SMILES string of the molecule is C=N/C=C1/C=C(c2cc(NSc3cncc(Cl)c3)c(F)cc2C)C(C)=NC1=NC.CN. The summed E-state index contributed by atoms with van der Waals surface area (Å²) in [6.07, 6.45) is 6.75. The lowest BCUT2D eigenvalue weighted by Crippen LogP contribution is -2.12. The number of amidine groups is 1. The Morgan fingerprint density at radius 3 is 2.61 bits per heavy atom. The molecule has 162 valence electrons. The number of nitrogens with one attached hydrogen (secondary N) is 1. The van der Waals surface area contributed by atoms with E-state index >= 15 is 0 Å². The van der Waals surface area contributed by atoms with E-state index < -0.39 is 0 Å². The summed E-state index contributed by atoms with van der Waals surface area (Å²) in [6.45, 7) is 7.27. The molecule has 0 atom stereocenters. The molecule has 1 aliphatic heterocycles. The predicted octanol–water partition coefficient (Wildman–Crippen LogP) is 5.35. The molecule has 0 unspecified atom stereocenters. The number of dihydropyridines is 1. The number of allylic oxidation sites excluding steroid dienone is 1. The van der Waals surface area contributed by atoms with E-state index in [1.165, 1.54) is 25.1 Å². The maximum atomic E-state index is 14.6. The standard InChI is InChI=1S/C21H19ClFN5S.CH5N/c1-12-5-19(23)20(28-29-16-7-15(22)10-26-11-16)8-17(12)18-6-14(9-24-3)21(25-4)27-13(18)2;1-2/h5-11,28H,3H2,1-2,4H3;2H2,1H3/b14-9-,25-21?;. The van der Waals surface area contributed by atoms with Crippen LogP contribution in [0.1, 0.15) is 18.1 Å². The molecule has 0 saturated heterocycles. The van der Waals surface area contributed by atoms with E-state index in [-0.39, 0.29) is 5.82 Å². The smallest absolute Gasteiger partial charge is 0.156 e. The van der Waals surface area contributed by atoms with Crippen LogP contribution in [-0.2, 0) is 0 Å². The summed E-state index contributed by atoms with van der Waals surface area (Å²) in [4.78, 5) is 17.4. The third-order valence-electron chi connectivity index (χ3n) is 4.23. The summed E-state index contributed by atoms with van der Waals surface area (Å²) < 4.78 is 17.6. The van der Waals surface area contributed by atoms with Gasteiger partial charge in [-0.3, -0.25) is 15.0 Å². The number of anilines is 1. The van der Waals surface area contributed by atoms with E-state index in [2.05, 4.69) is 37.1 Å². The van der Waals surface area contributed by atoms with Crippen LogP contribution in [0.3, 0.4) is 0 Å². The predicted molar refractivity (Wildman–Crippen MR) is 132 cm³/mol. The van der Waals surface area contributed by atoms with Gasteiger partial charge in [0.05, 0.1) is 10.7 Å². The number of aryl methyl sites for hydroxylation is 1. The molecule has 3 rings (SSSR count). The van der Waals surface area contributed by atoms with E-state index in [0.717, 1.165) is 32.9 Å². The summed E-state index contributed by atoms with van der Waals surface area (Å²) in [5.74, 6) is 0.236. The Kier molecular flexibility index (Phi) is 9.11. The van der Waals surface area contributed by atoms with Crippen LogP contribution >= 0.6 is 23.5 Å². The Bertz CT molecular complexity index is 1090. The highest BCUT2D eigenvalue weighted by Gasteiger charge is 2.19. The minimum Gasteiger partial charge on any atom is -0.333 e. The van der Waals surface area contributed by atoms with Gasteiger partial charge >= 0.3 is 0 Å². The molecule has 0 aliphatic carbocycles. The molecule has 2 aromatic rings. The second-order valence-electron chi connectivity index (χ2n) is 6.26. The fourth-order valence-electron chi connectivity index (χ4n) is 2.86. The Balaban J connectivity index is 0.00000166. The third kappa shape index (κ3) is 6.10. The number of hydrogen-bond acceptors (Lipinski definition) is 6. The van der Waals surface area contributed by atoms with Crippen LogP contribution in [0.2, 0.25) is 5.02 Å². The average Bonchev–Trinajstić information content (AvgIpc) is 2.76. The highest BCUT2D eigenvalue weighted by molar-refractivity contribution is 8.00. The van der Waals surface area contributed by atoms with Gasteiger partial charge in [-0.15, -0.1) is 0 Å². The van der Waals surface area contributed by atoms with Gasteiger partial charge in [0.2, 0.25) is 0 Å². The molecule has 0 bridgehead atoms. The molecule has 9 heteroatoms. The van der Waals surface area contributed by atoms with E-state index in [4.69, 9.17) is 11.6 Å². The summed E-state index contributed by atoms with van der Waals surface area (Å²) in [5, 5.41) is 0.518. The van der Waals surface area contributed by atoms with Crippen LogP contribution < -0.4 is 10.5 Å². The van der Waals surface area contributed by atoms with Crippen molar-refractivity contribution in [2.75, 3.05) is 18.8 Å². The number of aromatic nitrogens is 1. The highest BCUT2D eigenvalue weighted by Crippen LogP contribution is 2.32. The molecule has 3 N–H and O–H groups in total. The van der Waals surface area contributed by atoms with Gasteiger partial charge in [-0.25, -0.2) is 9.38 Å². The molecule has 0 saturated carbocycles. The molecule has 0 radical (unpaired) electrons. The van der Waals surface area contributed by atoms with Crippen molar-refractivity contribution in [1.29, 1.82) is 0 Å².